The Balaban J connectivity index is 1.15. The van der Waals surface area contributed by atoms with Crippen molar-refractivity contribution in [2.75, 3.05) is 49.5 Å². The highest BCUT2D eigenvalue weighted by molar-refractivity contribution is 5.92. The Bertz CT molecular complexity index is 803. The highest BCUT2D eigenvalue weighted by Gasteiger charge is 2.16. The van der Waals surface area contributed by atoms with Crippen LogP contribution >= 0.6 is 0 Å². The molecule has 26 heavy (non-hydrogen) atoms. The van der Waals surface area contributed by atoms with Gasteiger partial charge in [0.25, 0.3) is 0 Å². The third-order valence-corrected chi connectivity index (χ3v) is 5.30. The Morgan fingerprint density at radius 2 is 1.62 bits per heavy atom. The van der Waals surface area contributed by atoms with Crippen LogP contribution in [0.3, 0.4) is 0 Å². The fraction of sp³-hybridized carbons (Fsp3) is 0.364. The van der Waals surface area contributed by atoms with Gasteiger partial charge in [-0.3, -0.25) is 4.90 Å². The van der Waals surface area contributed by atoms with Crippen molar-refractivity contribution in [1.29, 1.82) is 0 Å². The topological polar surface area (TPSA) is 34.3 Å². The van der Waals surface area contributed by atoms with Gasteiger partial charge in [-0.15, -0.1) is 0 Å². The number of aromatic amines is 1. The summed E-state index contributed by atoms with van der Waals surface area (Å²) in [6.45, 7) is 6.86. The molecule has 1 aliphatic rings. The predicted octanol–water partition coefficient (Wildman–Crippen LogP) is 4.18. The van der Waals surface area contributed by atoms with Crippen molar-refractivity contribution in [2.24, 2.45) is 0 Å². The Morgan fingerprint density at radius 3 is 2.46 bits per heavy atom. The number of fused-ring (bicyclic) bond motifs is 1. The maximum Gasteiger partial charge on any atom is 0.0597 e. The van der Waals surface area contributed by atoms with Crippen LogP contribution in [0.5, 0.6) is 0 Å². The number of anilines is 2. The summed E-state index contributed by atoms with van der Waals surface area (Å²) in [5.41, 5.74) is 3.78. The van der Waals surface area contributed by atoms with Crippen LogP contribution in [0.15, 0.2) is 60.8 Å². The quantitative estimate of drug-likeness (QED) is 0.629. The van der Waals surface area contributed by atoms with E-state index in [-0.39, 0.29) is 0 Å². The van der Waals surface area contributed by atoms with Gasteiger partial charge in [0.15, 0.2) is 0 Å². The summed E-state index contributed by atoms with van der Waals surface area (Å²) in [6, 6.07) is 19.2. The molecule has 0 saturated carbocycles. The first-order valence-electron chi connectivity index (χ1n) is 9.72. The number of benzene rings is 2. The number of rotatable bonds is 7. The lowest BCUT2D eigenvalue weighted by atomic mass is 10.2. The number of aromatic nitrogens is 1. The molecule has 0 radical (unpaired) electrons. The van der Waals surface area contributed by atoms with E-state index in [4.69, 9.17) is 0 Å². The Morgan fingerprint density at radius 1 is 0.846 bits per heavy atom. The van der Waals surface area contributed by atoms with Gasteiger partial charge in [0.2, 0.25) is 0 Å². The van der Waals surface area contributed by atoms with Gasteiger partial charge in [-0.05, 0) is 37.6 Å². The lowest BCUT2D eigenvalue weighted by Gasteiger charge is -2.36. The number of nitrogens with one attached hydrogen (secondary N) is 2. The fourth-order valence-electron chi connectivity index (χ4n) is 3.77. The molecule has 3 aromatic rings. The molecule has 1 aromatic heterocycles. The number of hydrogen-bond donors (Lipinski definition) is 2. The van der Waals surface area contributed by atoms with E-state index in [0.717, 1.165) is 19.6 Å². The van der Waals surface area contributed by atoms with E-state index in [1.807, 2.05) is 0 Å². The van der Waals surface area contributed by atoms with Crippen molar-refractivity contribution in [1.82, 2.24) is 9.88 Å². The third-order valence-electron chi connectivity index (χ3n) is 5.30. The van der Waals surface area contributed by atoms with Crippen LogP contribution in [-0.2, 0) is 0 Å². The predicted molar refractivity (Wildman–Crippen MR) is 111 cm³/mol. The molecule has 0 aliphatic carbocycles. The van der Waals surface area contributed by atoms with E-state index in [1.165, 1.54) is 54.8 Å². The van der Waals surface area contributed by atoms with Crippen LogP contribution in [0.25, 0.3) is 10.9 Å². The smallest absolute Gasteiger partial charge is 0.0597 e. The van der Waals surface area contributed by atoms with Crippen molar-refractivity contribution >= 4 is 22.3 Å². The molecular formula is C22H28N4. The summed E-state index contributed by atoms with van der Waals surface area (Å²) in [5, 5.41) is 4.86. The first-order valence-corrected chi connectivity index (χ1v) is 9.72. The zero-order valence-corrected chi connectivity index (χ0v) is 15.3. The maximum absolute atomic E-state index is 3.58. The Hall–Kier alpha value is -2.46. The molecule has 4 nitrogen and oxygen atoms in total. The number of unbranched alkanes of at least 4 members (excludes halogenated alkanes) is 1. The molecule has 2 aromatic carbocycles. The van der Waals surface area contributed by atoms with Gasteiger partial charge in [-0.2, -0.15) is 0 Å². The number of H-pyrrole nitrogens is 1. The first-order chi connectivity index (χ1) is 12.9. The average molecular weight is 348 g/mol. The van der Waals surface area contributed by atoms with Gasteiger partial charge in [-0.25, -0.2) is 0 Å². The highest BCUT2D eigenvalue weighted by Crippen LogP contribution is 2.22. The van der Waals surface area contributed by atoms with Gasteiger partial charge in [0, 0.05) is 55.5 Å². The SMILES string of the molecule is c1ccc(N2CCN(CCCCNc3c[nH]c4ccccc34)CC2)cc1. The second-order valence-corrected chi connectivity index (χ2v) is 7.05. The molecular weight excluding hydrogens is 320 g/mol. The number of hydrogen-bond acceptors (Lipinski definition) is 3. The van der Waals surface area contributed by atoms with Crippen LogP contribution < -0.4 is 10.2 Å². The molecule has 1 saturated heterocycles. The molecule has 136 valence electrons. The fourth-order valence-corrected chi connectivity index (χ4v) is 3.77. The van der Waals surface area contributed by atoms with Gasteiger partial charge in [0.05, 0.1) is 5.69 Å². The van der Waals surface area contributed by atoms with E-state index in [1.54, 1.807) is 0 Å². The zero-order chi connectivity index (χ0) is 17.6. The van der Waals surface area contributed by atoms with Gasteiger partial charge in [-0.1, -0.05) is 36.4 Å². The molecule has 0 atom stereocenters. The van der Waals surface area contributed by atoms with Crippen molar-refractivity contribution in [3.63, 3.8) is 0 Å². The second kappa shape index (κ2) is 8.28. The van der Waals surface area contributed by atoms with Gasteiger partial charge < -0.3 is 15.2 Å². The second-order valence-electron chi connectivity index (χ2n) is 7.05. The molecule has 0 amide bonds. The Kier molecular flexibility index (Phi) is 5.41. The normalized spacial score (nSPS) is 15.5. The van der Waals surface area contributed by atoms with Crippen LogP contribution in [0.2, 0.25) is 0 Å². The third kappa shape index (κ3) is 4.02. The van der Waals surface area contributed by atoms with Gasteiger partial charge in [0.1, 0.15) is 0 Å². The molecule has 4 rings (SSSR count). The van der Waals surface area contributed by atoms with E-state index >= 15 is 0 Å². The molecule has 2 heterocycles. The average Bonchev–Trinajstić information content (AvgIpc) is 3.12. The largest absolute Gasteiger partial charge is 0.383 e. The molecule has 1 fully saturated rings. The van der Waals surface area contributed by atoms with E-state index in [2.05, 4.69) is 80.9 Å². The first kappa shape index (κ1) is 17.0. The molecule has 4 heteroatoms. The van der Waals surface area contributed by atoms with Crippen LogP contribution in [0, 0.1) is 0 Å². The molecule has 0 bridgehead atoms. The minimum Gasteiger partial charge on any atom is -0.383 e. The summed E-state index contributed by atoms with van der Waals surface area (Å²) in [4.78, 5) is 8.42. The lowest BCUT2D eigenvalue weighted by molar-refractivity contribution is 0.254. The molecule has 0 spiro atoms. The summed E-state index contributed by atoms with van der Waals surface area (Å²) in [7, 11) is 0. The van der Waals surface area contributed by atoms with Crippen LogP contribution in [-0.4, -0.2) is 49.2 Å². The zero-order valence-electron chi connectivity index (χ0n) is 15.3. The van der Waals surface area contributed by atoms with E-state index in [9.17, 15) is 0 Å². The van der Waals surface area contributed by atoms with Crippen LogP contribution in [0.1, 0.15) is 12.8 Å². The number of nitrogens with zero attached hydrogens (tertiary/aromatic N) is 2. The minimum atomic E-state index is 1.03. The van der Waals surface area contributed by atoms with Crippen molar-refractivity contribution in [2.45, 2.75) is 12.8 Å². The van der Waals surface area contributed by atoms with Crippen LogP contribution in [0.4, 0.5) is 11.4 Å². The molecule has 1 aliphatic heterocycles. The van der Waals surface area contributed by atoms with E-state index < -0.39 is 0 Å². The summed E-state index contributed by atoms with van der Waals surface area (Å²) in [5.74, 6) is 0. The van der Waals surface area contributed by atoms with Crippen molar-refractivity contribution in [3.8, 4) is 0 Å². The van der Waals surface area contributed by atoms with Crippen molar-refractivity contribution < 1.29 is 0 Å². The number of piperazine rings is 1. The summed E-state index contributed by atoms with van der Waals surface area (Å²) < 4.78 is 0. The van der Waals surface area contributed by atoms with Gasteiger partial charge >= 0.3 is 0 Å². The maximum atomic E-state index is 3.58. The minimum absolute atomic E-state index is 1.03. The standard InChI is InChI=1S/C22H28N4/c1-2-8-19(9-3-1)26-16-14-25(15-17-26)13-7-6-12-23-22-18-24-21-11-5-4-10-20(21)22/h1-5,8-11,18,23-24H,6-7,12-17H2. The Labute approximate surface area is 155 Å². The number of para-hydroxylation sites is 2. The summed E-state index contributed by atoms with van der Waals surface area (Å²) in [6.07, 6.45) is 4.53. The highest BCUT2D eigenvalue weighted by atomic mass is 15.3. The summed E-state index contributed by atoms with van der Waals surface area (Å²) >= 11 is 0. The lowest BCUT2D eigenvalue weighted by Crippen LogP contribution is -2.46. The molecule has 2 N–H and O–H groups in total. The molecule has 0 unspecified atom stereocenters. The van der Waals surface area contributed by atoms with Crippen molar-refractivity contribution in [3.05, 3.63) is 60.8 Å². The monoisotopic (exact) mass is 348 g/mol. The van der Waals surface area contributed by atoms with E-state index in [0.29, 0.717) is 0 Å².